The predicted molar refractivity (Wildman–Crippen MR) is 75.1 cm³/mol. The third-order valence-corrected chi connectivity index (χ3v) is 4.95. The molecule has 1 aromatic rings. The van der Waals surface area contributed by atoms with Crippen molar-refractivity contribution in [2.75, 3.05) is 7.05 Å². The zero-order valence-corrected chi connectivity index (χ0v) is 11.8. The second kappa shape index (κ2) is 5.98. The zero-order chi connectivity index (χ0) is 12.3. The number of rotatable bonds is 4. The Kier molecular flexibility index (Phi) is 4.60. The van der Waals surface area contributed by atoms with Crippen molar-refractivity contribution in [3.05, 3.63) is 21.9 Å². The molecule has 2 atom stereocenters. The fourth-order valence-corrected chi connectivity index (χ4v) is 3.75. The van der Waals surface area contributed by atoms with Gasteiger partial charge >= 0.3 is 0 Å². The molecule has 2 N–H and O–H groups in total. The summed E-state index contributed by atoms with van der Waals surface area (Å²) in [6.07, 6.45) is 5.55. The van der Waals surface area contributed by atoms with Gasteiger partial charge in [-0.25, -0.2) is 0 Å². The van der Waals surface area contributed by atoms with Crippen LogP contribution in [0.3, 0.4) is 0 Å². The molecule has 1 fully saturated rings. The Morgan fingerprint density at radius 2 is 2.12 bits per heavy atom. The van der Waals surface area contributed by atoms with Gasteiger partial charge in [0.05, 0.1) is 0 Å². The molecule has 0 aromatic carbocycles. The fraction of sp³-hybridized carbons (Fsp3) is 0.714. The normalized spacial score (nSPS) is 25.4. The van der Waals surface area contributed by atoms with Gasteiger partial charge in [-0.2, -0.15) is 0 Å². The summed E-state index contributed by atoms with van der Waals surface area (Å²) in [7, 11) is 2.27. The first-order valence-corrected chi connectivity index (χ1v) is 7.48. The summed E-state index contributed by atoms with van der Waals surface area (Å²) in [6, 6.07) is 5.18. The lowest BCUT2D eigenvalue weighted by Gasteiger charge is -2.33. The highest BCUT2D eigenvalue weighted by Gasteiger charge is 2.22. The Morgan fingerprint density at radius 1 is 1.35 bits per heavy atom. The standard InChI is InChI=1S/C14H24N2S/c1-11-4-3-5-12(8-11)16(2)10-14-7-6-13(9-15)17-14/h6-7,11-12H,3-5,8-10,15H2,1-2H3. The molecule has 0 bridgehead atoms. The monoisotopic (exact) mass is 252 g/mol. The van der Waals surface area contributed by atoms with E-state index in [0.717, 1.165) is 18.5 Å². The highest BCUT2D eigenvalue weighted by Crippen LogP contribution is 2.28. The molecule has 96 valence electrons. The Morgan fingerprint density at radius 3 is 2.76 bits per heavy atom. The summed E-state index contributed by atoms with van der Waals surface area (Å²) in [4.78, 5) is 5.28. The van der Waals surface area contributed by atoms with Crippen molar-refractivity contribution in [1.29, 1.82) is 0 Å². The Labute approximate surface area is 109 Å². The lowest BCUT2D eigenvalue weighted by atomic mass is 9.86. The molecule has 1 saturated carbocycles. The van der Waals surface area contributed by atoms with Crippen molar-refractivity contribution in [3.63, 3.8) is 0 Å². The van der Waals surface area contributed by atoms with E-state index in [-0.39, 0.29) is 0 Å². The Balaban J connectivity index is 1.89. The molecular formula is C14H24N2S. The SMILES string of the molecule is CC1CCCC(N(C)Cc2ccc(CN)s2)C1. The number of hydrogen-bond donors (Lipinski definition) is 1. The van der Waals surface area contributed by atoms with Gasteiger partial charge in [0.15, 0.2) is 0 Å². The molecule has 1 aliphatic carbocycles. The molecule has 3 heteroatoms. The average Bonchev–Trinajstić information content (AvgIpc) is 2.77. The van der Waals surface area contributed by atoms with Crippen LogP contribution in [0, 0.1) is 5.92 Å². The lowest BCUT2D eigenvalue weighted by molar-refractivity contribution is 0.159. The van der Waals surface area contributed by atoms with Crippen LogP contribution in [0.5, 0.6) is 0 Å². The topological polar surface area (TPSA) is 29.3 Å². The number of nitrogens with two attached hydrogens (primary N) is 1. The van der Waals surface area contributed by atoms with Crippen LogP contribution < -0.4 is 5.73 Å². The fourth-order valence-electron chi connectivity index (χ4n) is 2.79. The Bertz CT molecular complexity index is 348. The first-order chi connectivity index (χ1) is 8.19. The van der Waals surface area contributed by atoms with Crippen LogP contribution in [0.15, 0.2) is 12.1 Å². The van der Waals surface area contributed by atoms with Crippen LogP contribution in [0.1, 0.15) is 42.4 Å². The van der Waals surface area contributed by atoms with E-state index in [9.17, 15) is 0 Å². The first-order valence-electron chi connectivity index (χ1n) is 6.67. The highest BCUT2D eigenvalue weighted by atomic mass is 32.1. The lowest BCUT2D eigenvalue weighted by Crippen LogP contribution is -2.34. The van der Waals surface area contributed by atoms with Crippen LogP contribution in [-0.4, -0.2) is 18.0 Å². The first kappa shape index (κ1) is 13.1. The van der Waals surface area contributed by atoms with Gasteiger partial charge in [0, 0.05) is 28.9 Å². The summed E-state index contributed by atoms with van der Waals surface area (Å²) in [6.45, 7) is 4.15. The van der Waals surface area contributed by atoms with Gasteiger partial charge in [0.2, 0.25) is 0 Å². The van der Waals surface area contributed by atoms with Crippen molar-refractivity contribution in [2.24, 2.45) is 11.7 Å². The molecule has 1 heterocycles. The summed E-state index contributed by atoms with van der Waals surface area (Å²) >= 11 is 1.86. The molecule has 0 radical (unpaired) electrons. The van der Waals surface area contributed by atoms with Gasteiger partial charge < -0.3 is 5.73 Å². The van der Waals surface area contributed by atoms with Gasteiger partial charge in [-0.3, -0.25) is 4.90 Å². The van der Waals surface area contributed by atoms with Gasteiger partial charge in [-0.05, 0) is 37.9 Å². The van der Waals surface area contributed by atoms with E-state index in [1.807, 2.05) is 11.3 Å². The molecule has 2 rings (SSSR count). The summed E-state index contributed by atoms with van der Waals surface area (Å²) < 4.78 is 0. The molecular weight excluding hydrogens is 228 g/mol. The third-order valence-electron chi connectivity index (χ3n) is 3.86. The molecule has 0 spiro atoms. The van der Waals surface area contributed by atoms with Crippen molar-refractivity contribution in [3.8, 4) is 0 Å². The van der Waals surface area contributed by atoms with Crippen LogP contribution in [0.25, 0.3) is 0 Å². The average molecular weight is 252 g/mol. The smallest absolute Gasteiger partial charge is 0.0327 e. The second-order valence-corrected chi connectivity index (χ2v) is 6.67. The van der Waals surface area contributed by atoms with E-state index in [1.165, 1.54) is 35.4 Å². The van der Waals surface area contributed by atoms with E-state index < -0.39 is 0 Å². The van der Waals surface area contributed by atoms with Crippen LogP contribution in [0.4, 0.5) is 0 Å². The van der Waals surface area contributed by atoms with Crippen LogP contribution >= 0.6 is 11.3 Å². The van der Waals surface area contributed by atoms with E-state index in [1.54, 1.807) is 0 Å². The van der Waals surface area contributed by atoms with Gasteiger partial charge in [-0.1, -0.05) is 19.8 Å². The van der Waals surface area contributed by atoms with Crippen molar-refractivity contribution in [1.82, 2.24) is 4.90 Å². The maximum atomic E-state index is 5.65. The van der Waals surface area contributed by atoms with Crippen molar-refractivity contribution < 1.29 is 0 Å². The van der Waals surface area contributed by atoms with Gasteiger partial charge in [-0.15, -0.1) is 11.3 Å². The summed E-state index contributed by atoms with van der Waals surface area (Å²) in [5.41, 5.74) is 5.65. The quantitative estimate of drug-likeness (QED) is 0.891. The van der Waals surface area contributed by atoms with Crippen LogP contribution in [-0.2, 0) is 13.1 Å². The molecule has 0 aliphatic heterocycles. The molecule has 1 aromatic heterocycles. The van der Waals surface area contributed by atoms with Crippen molar-refractivity contribution >= 4 is 11.3 Å². The number of thiophene rings is 1. The zero-order valence-electron chi connectivity index (χ0n) is 11.0. The Hall–Kier alpha value is -0.380. The second-order valence-electron chi connectivity index (χ2n) is 5.41. The molecule has 17 heavy (non-hydrogen) atoms. The highest BCUT2D eigenvalue weighted by molar-refractivity contribution is 7.11. The molecule has 2 nitrogen and oxygen atoms in total. The van der Waals surface area contributed by atoms with E-state index in [2.05, 4.69) is 31.0 Å². The third kappa shape index (κ3) is 3.54. The van der Waals surface area contributed by atoms with Gasteiger partial charge in [0.1, 0.15) is 0 Å². The predicted octanol–water partition coefficient (Wildman–Crippen LogP) is 3.22. The minimum atomic E-state index is 0.675. The van der Waals surface area contributed by atoms with E-state index in [4.69, 9.17) is 5.73 Å². The van der Waals surface area contributed by atoms with Crippen molar-refractivity contribution in [2.45, 2.75) is 51.7 Å². The maximum Gasteiger partial charge on any atom is 0.0327 e. The molecule has 0 amide bonds. The van der Waals surface area contributed by atoms with E-state index in [0.29, 0.717) is 6.54 Å². The van der Waals surface area contributed by atoms with E-state index >= 15 is 0 Å². The number of nitrogens with zero attached hydrogens (tertiary/aromatic N) is 1. The number of hydrogen-bond acceptors (Lipinski definition) is 3. The van der Waals surface area contributed by atoms with Crippen LogP contribution in [0.2, 0.25) is 0 Å². The largest absolute Gasteiger partial charge is 0.326 e. The molecule has 2 unspecified atom stereocenters. The summed E-state index contributed by atoms with van der Waals surface area (Å²) in [5, 5.41) is 0. The minimum absolute atomic E-state index is 0.675. The molecule has 1 aliphatic rings. The summed E-state index contributed by atoms with van der Waals surface area (Å²) in [5.74, 6) is 0.902. The minimum Gasteiger partial charge on any atom is -0.326 e. The van der Waals surface area contributed by atoms with Gasteiger partial charge in [0.25, 0.3) is 0 Å². The maximum absolute atomic E-state index is 5.65. The molecule has 0 saturated heterocycles.